The third-order valence-electron chi connectivity index (χ3n) is 6.36. The van der Waals surface area contributed by atoms with Gasteiger partial charge in [0, 0.05) is 24.4 Å². The van der Waals surface area contributed by atoms with Crippen molar-refractivity contribution in [1.82, 2.24) is 10.2 Å². The van der Waals surface area contributed by atoms with E-state index in [2.05, 4.69) is 11.4 Å². The van der Waals surface area contributed by atoms with Crippen molar-refractivity contribution in [2.45, 2.75) is 24.9 Å². The lowest BCUT2D eigenvalue weighted by molar-refractivity contribution is -0.123. The predicted octanol–water partition coefficient (Wildman–Crippen LogP) is 4.66. The fraction of sp³-hybridized carbons (Fsp3) is 0.259. The number of rotatable bonds is 5. The first-order valence-electron chi connectivity index (χ1n) is 11.3. The number of fused-ring (bicyclic) bond motifs is 2. The number of amides is 3. The first-order chi connectivity index (χ1) is 16.5. The van der Waals surface area contributed by atoms with Gasteiger partial charge in [0.25, 0.3) is 5.91 Å². The highest BCUT2D eigenvalue weighted by Gasteiger charge is 2.59. The molecule has 2 heterocycles. The molecule has 0 aliphatic carbocycles. The molecule has 5 rings (SSSR count). The van der Waals surface area contributed by atoms with E-state index < -0.39 is 4.87 Å². The Labute approximate surface area is 203 Å². The average molecular weight is 474 g/mol. The minimum absolute atomic E-state index is 0.0757. The lowest BCUT2D eigenvalue weighted by Gasteiger charge is -2.33. The highest BCUT2D eigenvalue weighted by Crippen LogP contribution is 2.54. The average Bonchev–Trinajstić information content (AvgIpc) is 3.40. The SMILES string of the molecule is COc1cccc(CN2C(=O)C3(SCCN3C(=O)NCc3ccccc3)c3cc(C)ccc32)c1. The number of benzene rings is 3. The molecule has 34 heavy (non-hydrogen) atoms. The monoisotopic (exact) mass is 473 g/mol. The molecular weight excluding hydrogens is 446 g/mol. The number of urea groups is 1. The molecule has 0 bridgehead atoms. The number of carbonyl (C=O) groups is 2. The Hall–Kier alpha value is -3.45. The second kappa shape index (κ2) is 9.06. The number of aryl methyl sites for hydroxylation is 1. The van der Waals surface area contributed by atoms with Gasteiger partial charge in [-0.15, -0.1) is 11.8 Å². The van der Waals surface area contributed by atoms with Gasteiger partial charge in [0.1, 0.15) is 5.75 Å². The van der Waals surface area contributed by atoms with Crippen LogP contribution in [0.5, 0.6) is 5.75 Å². The lowest BCUT2D eigenvalue weighted by atomic mass is 10.0. The maximum atomic E-state index is 14.1. The summed E-state index contributed by atoms with van der Waals surface area (Å²) in [4.78, 5) is 29.9. The van der Waals surface area contributed by atoms with Gasteiger partial charge in [-0.05, 0) is 36.2 Å². The second-order valence-corrected chi connectivity index (χ2v) is 9.84. The van der Waals surface area contributed by atoms with E-state index in [-0.39, 0.29) is 11.9 Å². The molecule has 3 amide bonds. The molecule has 0 saturated carbocycles. The summed E-state index contributed by atoms with van der Waals surface area (Å²) in [7, 11) is 1.63. The van der Waals surface area contributed by atoms with Gasteiger partial charge in [-0.2, -0.15) is 0 Å². The second-order valence-electron chi connectivity index (χ2n) is 8.55. The van der Waals surface area contributed by atoms with Crippen LogP contribution in [-0.4, -0.2) is 36.2 Å². The number of hydrogen-bond acceptors (Lipinski definition) is 4. The van der Waals surface area contributed by atoms with Crippen LogP contribution in [0.1, 0.15) is 22.3 Å². The van der Waals surface area contributed by atoms with E-state index in [1.54, 1.807) is 28.7 Å². The number of thioether (sulfide) groups is 1. The fourth-order valence-electron chi connectivity index (χ4n) is 4.71. The quantitative estimate of drug-likeness (QED) is 0.585. The summed E-state index contributed by atoms with van der Waals surface area (Å²) in [6.45, 7) is 3.35. The van der Waals surface area contributed by atoms with E-state index in [0.29, 0.717) is 25.4 Å². The predicted molar refractivity (Wildman–Crippen MR) is 135 cm³/mol. The molecule has 1 atom stereocenters. The van der Waals surface area contributed by atoms with Gasteiger partial charge >= 0.3 is 6.03 Å². The maximum absolute atomic E-state index is 14.1. The van der Waals surface area contributed by atoms with Crippen LogP contribution in [-0.2, 0) is 22.8 Å². The van der Waals surface area contributed by atoms with Gasteiger partial charge in [-0.3, -0.25) is 9.69 Å². The molecule has 2 aliphatic heterocycles. The molecule has 7 heteroatoms. The number of ether oxygens (including phenoxy) is 1. The van der Waals surface area contributed by atoms with Crippen LogP contribution >= 0.6 is 11.8 Å². The van der Waals surface area contributed by atoms with Gasteiger partial charge in [0.15, 0.2) is 4.87 Å². The summed E-state index contributed by atoms with van der Waals surface area (Å²) >= 11 is 1.54. The summed E-state index contributed by atoms with van der Waals surface area (Å²) in [6, 6.07) is 23.4. The molecule has 174 valence electrons. The number of hydrogen-bond donors (Lipinski definition) is 1. The van der Waals surface area contributed by atoms with Crippen LogP contribution in [0.3, 0.4) is 0 Å². The van der Waals surface area contributed by atoms with Crippen LogP contribution in [0.2, 0.25) is 0 Å². The largest absolute Gasteiger partial charge is 0.497 e. The Morgan fingerprint density at radius 3 is 2.65 bits per heavy atom. The Bertz CT molecular complexity index is 1230. The Morgan fingerprint density at radius 2 is 1.85 bits per heavy atom. The van der Waals surface area contributed by atoms with Crippen LogP contribution in [0.4, 0.5) is 10.5 Å². The van der Waals surface area contributed by atoms with E-state index in [1.807, 2.05) is 73.7 Å². The van der Waals surface area contributed by atoms with Crippen molar-refractivity contribution in [3.8, 4) is 5.75 Å². The molecule has 0 aromatic heterocycles. The number of nitrogens with zero attached hydrogens (tertiary/aromatic N) is 2. The molecule has 6 nitrogen and oxygen atoms in total. The molecule has 1 unspecified atom stereocenters. The first-order valence-corrected chi connectivity index (χ1v) is 12.3. The van der Waals surface area contributed by atoms with Crippen molar-refractivity contribution in [1.29, 1.82) is 0 Å². The van der Waals surface area contributed by atoms with Crippen molar-refractivity contribution >= 4 is 29.4 Å². The summed E-state index contributed by atoms with van der Waals surface area (Å²) in [5.74, 6) is 1.37. The summed E-state index contributed by atoms with van der Waals surface area (Å²) in [6.07, 6.45) is 0. The van der Waals surface area contributed by atoms with Crippen molar-refractivity contribution in [2.75, 3.05) is 24.3 Å². The molecule has 1 N–H and O–H groups in total. The van der Waals surface area contributed by atoms with E-state index in [9.17, 15) is 9.59 Å². The third-order valence-corrected chi connectivity index (χ3v) is 7.77. The van der Waals surface area contributed by atoms with E-state index in [0.717, 1.165) is 33.7 Å². The highest BCUT2D eigenvalue weighted by atomic mass is 32.2. The molecule has 1 fully saturated rings. The topological polar surface area (TPSA) is 61.9 Å². The maximum Gasteiger partial charge on any atom is 0.319 e. The van der Waals surface area contributed by atoms with Gasteiger partial charge in [-0.25, -0.2) is 4.79 Å². The smallest absolute Gasteiger partial charge is 0.319 e. The molecule has 1 spiro atoms. The number of anilines is 1. The molecule has 3 aromatic carbocycles. The van der Waals surface area contributed by atoms with Crippen molar-refractivity contribution in [3.05, 3.63) is 95.1 Å². The summed E-state index contributed by atoms with van der Waals surface area (Å²) in [5.41, 5.74) is 4.79. The standard InChI is InChI=1S/C27H27N3O3S/c1-19-11-12-24-23(15-19)27(25(31)29(24)18-21-9-6-10-22(16-21)33-2)30(13-14-34-27)26(32)28-17-20-7-4-3-5-8-20/h3-12,15-16H,13-14,17-18H2,1-2H3,(H,28,32). The van der Waals surface area contributed by atoms with Gasteiger partial charge < -0.3 is 15.0 Å². The Kier molecular flexibility index (Phi) is 5.96. The van der Waals surface area contributed by atoms with Crippen LogP contribution in [0, 0.1) is 6.92 Å². The lowest BCUT2D eigenvalue weighted by Crippen LogP contribution is -2.53. The zero-order valence-corrected chi connectivity index (χ0v) is 20.1. The van der Waals surface area contributed by atoms with E-state index >= 15 is 0 Å². The minimum Gasteiger partial charge on any atom is -0.497 e. The Balaban J connectivity index is 1.48. The third kappa shape index (κ3) is 3.80. The van der Waals surface area contributed by atoms with Crippen LogP contribution in [0.15, 0.2) is 72.8 Å². The molecule has 0 radical (unpaired) electrons. The fourth-order valence-corrected chi connectivity index (χ4v) is 6.16. The first kappa shape index (κ1) is 22.3. The summed E-state index contributed by atoms with van der Waals surface area (Å²) < 4.78 is 5.37. The van der Waals surface area contributed by atoms with Crippen molar-refractivity contribution < 1.29 is 14.3 Å². The van der Waals surface area contributed by atoms with Crippen molar-refractivity contribution in [3.63, 3.8) is 0 Å². The van der Waals surface area contributed by atoms with Gasteiger partial charge in [0.05, 0.1) is 19.3 Å². The molecule has 2 aliphatic rings. The molecule has 3 aromatic rings. The summed E-state index contributed by atoms with van der Waals surface area (Å²) in [5, 5.41) is 3.02. The number of nitrogens with one attached hydrogen (secondary N) is 1. The van der Waals surface area contributed by atoms with E-state index in [4.69, 9.17) is 4.74 Å². The van der Waals surface area contributed by atoms with Crippen molar-refractivity contribution in [2.24, 2.45) is 0 Å². The normalized spacial score (nSPS) is 18.9. The minimum atomic E-state index is -1.05. The molecule has 1 saturated heterocycles. The van der Waals surface area contributed by atoms with Gasteiger partial charge in [0.2, 0.25) is 0 Å². The zero-order chi connectivity index (χ0) is 23.7. The number of carbonyl (C=O) groups excluding carboxylic acids is 2. The number of methoxy groups -OCH3 is 1. The Morgan fingerprint density at radius 1 is 1.06 bits per heavy atom. The van der Waals surface area contributed by atoms with Crippen LogP contribution < -0.4 is 15.0 Å². The zero-order valence-electron chi connectivity index (χ0n) is 19.3. The van der Waals surface area contributed by atoms with E-state index in [1.165, 1.54) is 0 Å². The van der Waals surface area contributed by atoms with Crippen LogP contribution in [0.25, 0.3) is 0 Å². The molecular formula is C27H27N3O3S. The highest BCUT2D eigenvalue weighted by molar-refractivity contribution is 8.01. The van der Waals surface area contributed by atoms with Gasteiger partial charge in [-0.1, -0.05) is 60.2 Å².